The van der Waals surface area contributed by atoms with Gasteiger partial charge in [0.2, 0.25) is 5.91 Å². The highest BCUT2D eigenvalue weighted by molar-refractivity contribution is 5.97. The van der Waals surface area contributed by atoms with Gasteiger partial charge in [0.05, 0.1) is 11.6 Å². The van der Waals surface area contributed by atoms with E-state index in [9.17, 15) is 4.79 Å². The van der Waals surface area contributed by atoms with Gasteiger partial charge in [0.15, 0.2) is 0 Å². The van der Waals surface area contributed by atoms with E-state index < -0.39 is 0 Å². The van der Waals surface area contributed by atoms with E-state index in [0.29, 0.717) is 12.3 Å². The molecule has 1 amide bonds. The van der Waals surface area contributed by atoms with Gasteiger partial charge in [-0.1, -0.05) is 23.4 Å². The van der Waals surface area contributed by atoms with Crippen LogP contribution in [0.4, 0.5) is 11.5 Å². The predicted octanol–water partition coefficient (Wildman–Crippen LogP) is 3.12. The average Bonchev–Trinajstić information content (AvgIpc) is 3.14. The summed E-state index contributed by atoms with van der Waals surface area (Å²) in [7, 11) is 0. The summed E-state index contributed by atoms with van der Waals surface area (Å²) in [6.45, 7) is 4.23. The molecule has 28 heavy (non-hydrogen) atoms. The molecule has 7 heteroatoms. The minimum atomic E-state index is -0.0370. The van der Waals surface area contributed by atoms with Crippen molar-refractivity contribution in [2.24, 2.45) is 5.92 Å². The summed E-state index contributed by atoms with van der Waals surface area (Å²) in [5, 5.41) is 4.87. The van der Waals surface area contributed by atoms with Crippen LogP contribution in [0.1, 0.15) is 30.5 Å². The zero-order valence-electron chi connectivity index (χ0n) is 16.0. The molecule has 0 N–H and O–H groups in total. The molecule has 7 nitrogen and oxygen atoms in total. The third-order valence-corrected chi connectivity index (χ3v) is 5.87. The molecule has 0 unspecified atom stereocenters. The first-order chi connectivity index (χ1) is 13.7. The van der Waals surface area contributed by atoms with Crippen molar-refractivity contribution < 1.29 is 9.32 Å². The Morgan fingerprint density at radius 2 is 2.07 bits per heavy atom. The second-order valence-electron chi connectivity index (χ2n) is 7.65. The Morgan fingerprint density at radius 1 is 1.18 bits per heavy atom. The van der Waals surface area contributed by atoms with Crippen LogP contribution in [0.25, 0.3) is 11.1 Å². The normalized spacial score (nSPS) is 19.7. The molecule has 2 aromatic heterocycles. The fraction of sp³-hybridized carbons (Fsp3) is 0.429. The molecule has 2 aliphatic heterocycles. The summed E-state index contributed by atoms with van der Waals surface area (Å²) in [5.74, 6) is 1.01. The summed E-state index contributed by atoms with van der Waals surface area (Å²) in [4.78, 5) is 26.3. The van der Waals surface area contributed by atoms with E-state index in [1.807, 2.05) is 17.9 Å². The summed E-state index contributed by atoms with van der Waals surface area (Å²) >= 11 is 0. The summed E-state index contributed by atoms with van der Waals surface area (Å²) in [5.41, 5.74) is 3.63. The Hall–Kier alpha value is -2.96. The van der Waals surface area contributed by atoms with Gasteiger partial charge in [-0.3, -0.25) is 4.79 Å². The van der Waals surface area contributed by atoms with Crippen molar-refractivity contribution in [1.29, 1.82) is 0 Å². The van der Waals surface area contributed by atoms with Gasteiger partial charge in [-0.15, -0.1) is 0 Å². The number of carbonyl (C=O) groups is 1. The van der Waals surface area contributed by atoms with E-state index in [0.717, 1.165) is 61.4 Å². The lowest BCUT2D eigenvalue weighted by Gasteiger charge is -2.37. The lowest BCUT2D eigenvalue weighted by Crippen LogP contribution is -2.46. The number of fused-ring (bicyclic) bond motifs is 2. The highest BCUT2D eigenvalue weighted by atomic mass is 16.5. The van der Waals surface area contributed by atoms with Gasteiger partial charge < -0.3 is 14.3 Å². The molecule has 2 aliphatic rings. The van der Waals surface area contributed by atoms with Crippen molar-refractivity contribution in [3.8, 4) is 0 Å². The zero-order valence-corrected chi connectivity index (χ0v) is 16.0. The predicted molar refractivity (Wildman–Crippen MR) is 106 cm³/mol. The van der Waals surface area contributed by atoms with E-state index in [1.54, 1.807) is 0 Å². The molecule has 0 saturated carbocycles. The minimum Gasteiger partial charge on any atom is -0.355 e. The molecule has 0 radical (unpaired) electrons. The fourth-order valence-electron chi connectivity index (χ4n) is 4.50. The molecule has 0 bridgehead atoms. The highest BCUT2D eigenvalue weighted by Gasteiger charge is 2.33. The maximum atomic E-state index is 13.4. The van der Waals surface area contributed by atoms with Crippen LogP contribution in [-0.2, 0) is 11.2 Å². The number of amides is 1. The van der Waals surface area contributed by atoms with Crippen LogP contribution in [0.2, 0.25) is 0 Å². The van der Waals surface area contributed by atoms with Crippen molar-refractivity contribution in [3.05, 3.63) is 41.9 Å². The van der Waals surface area contributed by atoms with Gasteiger partial charge >= 0.3 is 0 Å². The Balaban J connectivity index is 1.42. The smallest absolute Gasteiger partial charge is 0.263 e. The van der Waals surface area contributed by atoms with Gasteiger partial charge in [-0.25, -0.2) is 4.98 Å². The number of benzene rings is 1. The van der Waals surface area contributed by atoms with Crippen LogP contribution < -0.4 is 9.80 Å². The van der Waals surface area contributed by atoms with E-state index in [1.165, 1.54) is 11.9 Å². The molecule has 4 heterocycles. The Bertz CT molecular complexity index is 1030. The molecule has 3 aromatic rings. The number of para-hydroxylation sites is 1. The summed E-state index contributed by atoms with van der Waals surface area (Å²) in [6.07, 6.45) is 5.44. The molecule has 0 spiro atoms. The number of carbonyl (C=O) groups excluding carboxylic acids is 1. The Morgan fingerprint density at radius 3 is 3.00 bits per heavy atom. The summed E-state index contributed by atoms with van der Waals surface area (Å²) < 4.78 is 5.29. The van der Waals surface area contributed by atoms with E-state index in [4.69, 9.17) is 4.52 Å². The average molecular weight is 377 g/mol. The monoisotopic (exact) mass is 377 g/mol. The van der Waals surface area contributed by atoms with Crippen LogP contribution in [0.5, 0.6) is 0 Å². The zero-order chi connectivity index (χ0) is 19.1. The SMILES string of the molecule is Cc1noc2ncnc(N3CCC[C@@H](C(=O)N4CCCc5ccccc54)C3)c12. The number of hydrogen-bond donors (Lipinski definition) is 0. The van der Waals surface area contributed by atoms with Crippen molar-refractivity contribution >= 4 is 28.5 Å². The molecule has 0 aliphatic carbocycles. The second-order valence-corrected chi connectivity index (χ2v) is 7.65. The van der Waals surface area contributed by atoms with Crippen LogP contribution in [0, 0.1) is 12.8 Å². The number of rotatable bonds is 2. The third kappa shape index (κ3) is 2.82. The van der Waals surface area contributed by atoms with Crippen molar-refractivity contribution in [3.63, 3.8) is 0 Å². The molecular formula is C21H23N5O2. The second kappa shape index (κ2) is 6.89. The number of anilines is 2. The summed E-state index contributed by atoms with van der Waals surface area (Å²) in [6, 6.07) is 8.27. The van der Waals surface area contributed by atoms with Crippen LogP contribution >= 0.6 is 0 Å². The standard InChI is InChI=1S/C21H23N5O2/c1-14-18-19(22-13-23-20(18)28-24-14)25-10-4-8-16(12-25)21(27)26-11-5-7-15-6-2-3-9-17(15)26/h2-3,6,9,13,16H,4-5,7-8,10-12H2,1H3/t16-/m1/s1. The number of aryl methyl sites for hydroxylation is 2. The fourth-order valence-corrected chi connectivity index (χ4v) is 4.50. The van der Waals surface area contributed by atoms with Gasteiger partial charge in [-0.2, -0.15) is 4.98 Å². The molecular weight excluding hydrogens is 354 g/mol. The van der Waals surface area contributed by atoms with Crippen molar-refractivity contribution in [2.45, 2.75) is 32.6 Å². The number of hydrogen-bond acceptors (Lipinski definition) is 6. The van der Waals surface area contributed by atoms with E-state index in [2.05, 4.69) is 38.2 Å². The van der Waals surface area contributed by atoms with Crippen molar-refractivity contribution in [2.75, 3.05) is 29.4 Å². The maximum Gasteiger partial charge on any atom is 0.263 e. The maximum absolute atomic E-state index is 13.4. The number of aromatic nitrogens is 3. The molecule has 1 fully saturated rings. The highest BCUT2D eigenvalue weighted by Crippen LogP contribution is 2.32. The molecule has 1 saturated heterocycles. The minimum absolute atomic E-state index is 0.0370. The topological polar surface area (TPSA) is 75.4 Å². The molecule has 1 aromatic carbocycles. The lowest BCUT2D eigenvalue weighted by atomic mass is 9.94. The first-order valence-electron chi connectivity index (χ1n) is 9.93. The first-order valence-corrected chi connectivity index (χ1v) is 9.93. The van der Waals surface area contributed by atoms with Gasteiger partial charge in [0.1, 0.15) is 17.5 Å². The molecule has 144 valence electrons. The number of nitrogens with zero attached hydrogens (tertiary/aromatic N) is 5. The van der Waals surface area contributed by atoms with Crippen molar-refractivity contribution in [1.82, 2.24) is 15.1 Å². The Kier molecular flexibility index (Phi) is 4.22. The number of piperidine rings is 1. The van der Waals surface area contributed by atoms with E-state index >= 15 is 0 Å². The van der Waals surface area contributed by atoms with Crippen LogP contribution in [-0.4, -0.2) is 40.7 Å². The lowest BCUT2D eigenvalue weighted by molar-refractivity contribution is -0.122. The van der Waals surface area contributed by atoms with E-state index in [-0.39, 0.29) is 11.8 Å². The first kappa shape index (κ1) is 17.2. The quantitative estimate of drug-likeness (QED) is 0.683. The van der Waals surface area contributed by atoms with Crippen LogP contribution in [0.3, 0.4) is 0 Å². The Labute approximate surface area is 163 Å². The largest absolute Gasteiger partial charge is 0.355 e. The molecule has 5 rings (SSSR count). The van der Waals surface area contributed by atoms with Crippen LogP contribution in [0.15, 0.2) is 35.1 Å². The van der Waals surface area contributed by atoms with Gasteiger partial charge in [-0.05, 0) is 44.2 Å². The third-order valence-electron chi connectivity index (χ3n) is 5.87. The van der Waals surface area contributed by atoms with Gasteiger partial charge in [0, 0.05) is 25.3 Å². The molecule has 1 atom stereocenters. The van der Waals surface area contributed by atoms with Gasteiger partial charge in [0.25, 0.3) is 5.71 Å².